The Morgan fingerprint density at radius 1 is 1.24 bits per heavy atom. The fourth-order valence-corrected chi connectivity index (χ4v) is 6.96. The third-order valence-electron chi connectivity index (χ3n) is 7.03. The zero-order valence-electron chi connectivity index (χ0n) is 23.2. The number of hydrogen-bond donors (Lipinski definition) is 2. The number of aromatic nitrogens is 2. The number of carbonyl (C=O) groups is 2. The Morgan fingerprint density at radius 3 is 2.88 bits per heavy atom. The van der Waals surface area contributed by atoms with Crippen LogP contribution in [0.3, 0.4) is 0 Å². The van der Waals surface area contributed by atoms with Crippen molar-refractivity contribution in [3.63, 3.8) is 0 Å². The lowest BCUT2D eigenvalue weighted by atomic mass is 10.2. The van der Waals surface area contributed by atoms with Crippen LogP contribution in [0.2, 0.25) is 0 Å². The highest BCUT2D eigenvalue weighted by Crippen LogP contribution is 2.33. The van der Waals surface area contributed by atoms with Crippen LogP contribution in [0.25, 0.3) is 20.3 Å². The monoisotopic (exact) mass is 594 g/mol. The molecule has 2 amide bonds. The number of nitrogens with one attached hydrogen (secondary N) is 2. The number of fused-ring (bicyclic) bond motifs is 3. The molecule has 1 aliphatic rings. The van der Waals surface area contributed by atoms with E-state index in [4.69, 9.17) is 14.5 Å². The molecular formula is C30H34N4O5S2. The molecule has 0 saturated carbocycles. The van der Waals surface area contributed by atoms with Gasteiger partial charge in [-0.15, -0.1) is 11.3 Å². The second-order valence-corrected chi connectivity index (χ2v) is 12.1. The molecule has 0 radical (unpaired) electrons. The number of benzene rings is 2. The summed E-state index contributed by atoms with van der Waals surface area (Å²) in [4.78, 5) is 44.5. The van der Waals surface area contributed by atoms with Crippen molar-refractivity contribution < 1.29 is 19.1 Å². The van der Waals surface area contributed by atoms with E-state index in [9.17, 15) is 14.4 Å². The van der Waals surface area contributed by atoms with Crippen molar-refractivity contribution in [3.8, 4) is 5.75 Å². The molecule has 4 aromatic rings. The van der Waals surface area contributed by atoms with Gasteiger partial charge in [-0.25, -0.2) is 4.98 Å². The minimum atomic E-state index is -0.489. The van der Waals surface area contributed by atoms with Gasteiger partial charge in [-0.1, -0.05) is 43.0 Å². The van der Waals surface area contributed by atoms with Crippen molar-refractivity contribution in [3.05, 3.63) is 58.9 Å². The van der Waals surface area contributed by atoms with Crippen molar-refractivity contribution in [2.24, 2.45) is 0 Å². The van der Waals surface area contributed by atoms with Crippen molar-refractivity contribution in [1.82, 2.24) is 14.9 Å². The Bertz CT molecular complexity index is 1600. The standard InChI is InChI=1S/C30H34N4O5S2/c1-3-23(28(36)32-19-9-6-10-20(17-19)38-2)41-30-33-26-22-12-4-5-13-24(22)40-27(26)29(37)34(30)15-7-14-25(35)31-18-21-11-8-16-39-21/h4-6,9-10,12-13,17,21,23H,3,7-8,11,14-16,18H2,1-2H3,(H,31,35)(H,32,36)/t21-,23-/m0/s1. The van der Waals surface area contributed by atoms with Gasteiger partial charge >= 0.3 is 0 Å². The third kappa shape index (κ3) is 6.91. The first kappa shape index (κ1) is 29.1. The first-order valence-corrected chi connectivity index (χ1v) is 15.6. The predicted molar refractivity (Wildman–Crippen MR) is 164 cm³/mol. The molecule has 1 fully saturated rings. The van der Waals surface area contributed by atoms with Crippen molar-refractivity contribution >= 4 is 60.9 Å². The van der Waals surface area contributed by atoms with Crippen LogP contribution in [0.15, 0.2) is 58.5 Å². The summed E-state index contributed by atoms with van der Waals surface area (Å²) >= 11 is 2.70. The number of carbonyl (C=O) groups excluding carboxylic acids is 2. The average molecular weight is 595 g/mol. The van der Waals surface area contributed by atoms with Gasteiger partial charge in [0.25, 0.3) is 5.56 Å². The highest BCUT2D eigenvalue weighted by molar-refractivity contribution is 8.00. The number of thiophene rings is 1. The van der Waals surface area contributed by atoms with E-state index in [1.807, 2.05) is 43.3 Å². The van der Waals surface area contributed by atoms with E-state index in [0.29, 0.717) is 52.7 Å². The fraction of sp³-hybridized carbons (Fsp3) is 0.400. The lowest BCUT2D eigenvalue weighted by molar-refractivity contribution is -0.121. The molecule has 0 unspecified atom stereocenters. The summed E-state index contributed by atoms with van der Waals surface area (Å²) in [6, 6.07) is 15.0. The molecule has 11 heteroatoms. The topological polar surface area (TPSA) is 112 Å². The Morgan fingerprint density at radius 2 is 2.10 bits per heavy atom. The average Bonchev–Trinajstić information content (AvgIpc) is 3.64. The van der Waals surface area contributed by atoms with Gasteiger partial charge in [0.1, 0.15) is 10.4 Å². The van der Waals surface area contributed by atoms with Gasteiger partial charge in [0.15, 0.2) is 5.16 Å². The Balaban J connectivity index is 1.37. The Kier molecular flexibility index (Phi) is 9.58. The lowest BCUT2D eigenvalue weighted by Gasteiger charge is -2.18. The number of hydrogen-bond acceptors (Lipinski definition) is 8. The van der Waals surface area contributed by atoms with Crippen LogP contribution in [0.5, 0.6) is 5.75 Å². The van der Waals surface area contributed by atoms with Crippen LogP contribution >= 0.6 is 23.1 Å². The van der Waals surface area contributed by atoms with E-state index in [1.165, 1.54) is 23.1 Å². The van der Waals surface area contributed by atoms with Crippen molar-refractivity contribution in [2.75, 3.05) is 25.6 Å². The van der Waals surface area contributed by atoms with Crippen molar-refractivity contribution in [1.29, 1.82) is 0 Å². The number of nitrogens with zero attached hydrogens (tertiary/aromatic N) is 2. The molecule has 2 aromatic heterocycles. The van der Waals surface area contributed by atoms with Gasteiger partial charge < -0.3 is 20.1 Å². The second kappa shape index (κ2) is 13.5. The Labute approximate surface area is 246 Å². The summed E-state index contributed by atoms with van der Waals surface area (Å²) in [6.45, 7) is 3.50. The Hall–Kier alpha value is -3.41. The summed E-state index contributed by atoms with van der Waals surface area (Å²) in [5, 5.41) is 6.80. The van der Waals surface area contributed by atoms with E-state index in [2.05, 4.69) is 10.6 Å². The SMILES string of the molecule is CC[C@H](Sc1nc2c(sc3ccccc32)c(=O)n1CCCC(=O)NC[C@@H]1CCCO1)C(=O)Nc1cccc(OC)c1. The molecule has 1 saturated heterocycles. The van der Waals surface area contributed by atoms with E-state index < -0.39 is 5.25 Å². The highest BCUT2D eigenvalue weighted by atomic mass is 32.2. The number of rotatable bonds is 12. The van der Waals surface area contributed by atoms with Gasteiger partial charge in [0.2, 0.25) is 11.8 Å². The van der Waals surface area contributed by atoms with E-state index >= 15 is 0 Å². The number of amides is 2. The first-order chi connectivity index (χ1) is 20.0. The molecule has 3 heterocycles. The highest BCUT2D eigenvalue weighted by Gasteiger charge is 2.24. The van der Waals surface area contributed by atoms with E-state index in [0.717, 1.165) is 29.5 Å². The molecule has 0 spiro atoms. The maximum atomic E-state index is 13.8. The second-order valence-electron chi connectivity index (χ2n) is 9.91. The number of anilines is 1. The summed E-state index contributed by atoms with van der Waals surface area (Å²) in [7, 11) is 1.58. The number of methoxy groups -OCH3 is 1. The third-order valence-corrected chi connectivity index (χ3v) is 9.53. The molecule has 5 rings (SSSR count). The van der Waals surface area contributed by atoms with Crippen molar-refractivity contribution in [2.45, 2.75) is 62.1 Å². The molecule has 2 N–H and O–H groups in total. The molecule has 2 atom stereocenters. The predicted octanol–water partition coefficient (Wildman–Crippen LogP) is 5.20. The van der Waals surface area contributed by atoms with Crippen LogP contribution in [-0.4, -0.2) is 53.0 Å². The quantitative estimate of drug-likeness (QED) is 0.171. The molecule has 2 aromatic carbocycles. The van der Waals surface area contributed by atoms with Crippen LogP contribution in [0.1, 0.15) is 39.0 Å². The maximum absolute atomic E-state index is 13.8. The number of ether oxygens (including phenoxy) is 2. The molecule has 41 heavy (non-hydrogen) atoms. The van der Waals surface area contributed by atoms with Gasteiger partial charge in [0.05, 0.1) is 24.0 Å². The zero-order valence-corrected chi connectivity index (χ0v) is 24.8. The molecule has 0 aliphatic carbocycles. The molecular weight excluding hydrogens is 560 g/mol. The van der Waals surface area contributed by atoms with Crippen LogP contribution in [-0.2, 0) is 20.9 Å². The summed E-state index contributed by atoms with van der Waals surface area (Å²) in [5.74, 6) is 0.395. The summed E-state index contributed by atoms with van der Waals surface area (Å²) < 4.78 is 14.0. The lowest BCUT2D eigenvalue weighted by Crippen LogP contribution is -2.32. The molecule has 1 aliphatic heterocycles. The fourth-order valence-electron chi connectivity index (χ4n) is 4.83. The largest absolute Gasteiger partial charge is 0.497 e. The van der Waals surface area contributed by atoms with Crippen LogP contribution in [0, 0.1) is 0 Å². The van der Waals surface area contributed by atoms with Crippen LogP contribution in [0.4, 0.5) is 5.69 Å². The normalized spacial score (nSPS) is 15.7. The summed E-state index contributed by atoms with van der Waals surface area (Å²) in [5.41, 5.74) is 1.13. The smallest absolute Gasteiger partial charge is 0.272 e. The van der Waals surface area contributed by atoms with Gasteiger partial charge in [-0.05, 0) is 43.9 Å². The van der Waals surface area contributed by atoms with Gasteiger partial charge in [-0.3, -0.25) is 19.0 Å². The summed E-state index contributed by atoms with van der Waals surface area (Å²) in [6.07, 6.45) is 3.34. The van der Waals surface area contributed by atoms with E-state index in [-0.39, 0.29) is 29.9 Å². The van der Waals surface area contributed by atoms with E-state index in [1.54, 1.807) is 23.8 Å². The molecule has 0 bridgehead atoms. The molecule has 216 valence electrons. The molecule has 9 nitrogen and oxygen atoms in total. The van der Waals surface area contributed by atoms with Gasteiger partial charge in [0, 0.05) is 48.0 Å². The minimum Gasteiger partial charge on any atom is -0.497 e. The van der Waals surface area contributed by atoms with Gasteiger partial charge in [-0.2, -0.15) is 0 Å². The maximum Gasteiger partial charge on any atom is 0.272 e. The van der Waals surface area contributed by atoms with Crippen LogP contribution < -0.4 is 20.9 Å². The first-order valence-electron chi connectivity index (χ1n) is 13.9. The zero-order chi connectivity index (χ0) is 28.8. The minimum absolute atomic E-state index is 0.0669. The number of thioether (sulfide) groups is 1.